The highest BCUT2D eigenvalue weighted by atomic mass is 32.2. The highest BCUT2D eigenvalue weighted by Gasteiger charge is 2.30. The van der Waals surface area contributed by atoms with E-state index in [0.29, 0.717) is 25.9 Å². The van der Waals surface area contributed by atoms with Crippen molar-refractivity contribution in [2.45, 2.75) is 25.3 Å². The molecule has 0 aromatic heterocycles. The molecule has 9 nitrogen and oxygen atoms in total. The predicted octanol–water partition coefficient (Wildman–Crippen LogP) is -1.53. The third-order valence-electron chi connectivity index (χ3n) is 3.63. The van der Waals surface area contributed by atoms with Gasteiger partial charge >= 0.3 is 6.03 Å². The Balaban J connectivity index is 1.72. The highest BCUT2D eigenvalue weighted by Crippen LogP contribution is 2.12. The van der Waals surface area contributed by atoms with E-state index in [0.717, 1.165) is 11.2 Å². The molecule has 0 radical (unpaired) electrons. The zero-order chi connectivity index (χ0) is 16.3. The van der Waals surface area contributed by atoms with Crippen molar-refractivity contribution in [1.29, 1.82) is 0 Å². The number of imide groups is 1. The van der Waals surface area contributed by atoms with Crippen LogP contribution in [0.1, 0.15) is 19.3 Å². The molecule has 4 amide bonds. The van der Waals surface area contributed by atoms with Crippen LogP contribution in [0.15, 0.2) is 0 Å². The molecule has 1 atom stereocenters. The summed E-state index contributed by atoms with van der Waals surface area (Å²) in [6.07, 6.45) is 2.31. The van der Waals surface area contributed by atoms with Gasteiger partial charge in [-0.25, -0.2) is 17.9 Å². The molecular formula is C12H20N4O5S. The topological polar surface area (TPSA) is 116 Å². The van der Waals surface area contributed by atoms with Crippen molar-refractivity contribution in [2.24, 2.45) is 0 Å². The van der Waals surface area contributed by atoms with E-state index in [4.69, 9.17) is 0 Å². The number of rotatable bonds is 6. The van der Waals surface area contributed by atoms with E-state index in [1.807, 2.05) is 0 Å². The fourth-order valence-corrected chi connectivity index (χ4v) is 3.41. The number of urea groups is 1. The first-order valence-electron chi connectivity index (χ1n) is 7.09. The molecule has 0 spiro atoms. The molecule has 2 aliphatic heterocycles. The molecule has 2 rings (SSSR count). The number of carbonyl (C=O) groups excluding carboxylic acids is 3. The van der Waals surface area contributed by atoms with Crippen LogP contribution in [-0.2, 0) is 19.6 Å². The van der Waals surface area contributed by atoms with Gasteiger partial charge in [-0.2, -0.15) is 0 Å². The molecular weight excluding hydrogens is 312 g/mol. The van der Waals surface area contributed by atoms with Crippen LogP contribution in [-0.4, -0.2) is 74.5 Å². The standard InChI is InChI=1S/C12H20N4O5S/c1-22(20,21)14-9-4-6-15(8-9)10(17)3-2-5-16-11(18)7-13-12(16)19/h9,14H,2-8H2,1H3,(H,13,19)/t9-/m0/s1. The molecule has 2 heterocycles. The smallest absolute Gasteiger partial charge is 0.324 e. The van der Waals surface area contributed by atoms with E-state index in [1.165, 1.54) is 0 Å². The maximum absolute atomic E-state index is 12.0. The number of nitrogens with one attached hydrogen (secondary N) is 2. The van der Waals surface area contributed by atoms with Gasteiger partial charge in [0, 0.05) is 32.1 Å². The molecule has 124 valence electrons. The van der Waals surface area contributed by atoms with Crippen molar-refractivity contribution >= 4 is 27.9 Å². The van der Waals surface area contributed by atoms with Gasteiger partial charge in [-0.1, -0.05) is 0 Å². The molecule has 22 heavy (non-hydrogen) atoms. The van der Waals surface area contributed by atoms with Crippen LogP contribution in [0.25, 0.3) is 0 Å². The van der Waals surface area contributed by atoms with E-state index in [-0.39, 0.29) is 37.4 Å². The summed E-state index contributed by atoms with van der Waals surface area (Å²) in [5, 5.41) is 2.42. The number of carbonyl (C=O) groups is 3. The Kier molecular flexibility index (Phi) is 5.01. The zero-order valence-electron chi connectivity index (χ0n) is 12.4. The summed E-state index contributed by atoms with van der Waals surface area (Å²) >= 11 is 0. The van der Waals surface area contributed by atoms with Crippen LogP contribution in [0, 0.1) is 0 Å². The third-order valence-corrected chi connectivity index (χ3v) is 4.39. The van der Waals surface area contributed by atoms with Crippen LogP contribution in [0.2, 0.25) is 0 Å². The molecule has 0 aliphatic carbocycles. The Bertz CT molecular complexity index is 560. The van der Waals surface area contributed by atoms with Gasteiger partial charge in [0.1, 0.15) is 0 Å². The second kappa shape index (κ2) is 6.61. The summed E-state index contributed by atoms with van der Waals surface area (Å²) in [5.74, 6) is -0.374. The Hall–Kier alpha value is -1.68. The largest absolute Gasteiger partial charge is 0.341 e. The van der Waals surface area contributed by atoms with Crippen molar-refractivity contribution in [3.05, 3.63) is 0 Å². The van der Waals surface area contributed by atoms with Gasteiger partial charge in [-0.15, -0.1) is 0 Å². The number of hydrogen-bond donors (Lipinski definition) is 2. The molecule has 2 fully saturated rings. The average Bonchev–Trinajstić information content (AvgIpc) is 2.97. The first-order valence-corrected chi connectivity index (χ1v) is 8.98. The summed E-state index contributed by atoms with van der Waals surface area (Å²) in [6.45, 7) is 1.09. The van der Waals surface area contributed by atoms with Crippen molar-refractivity contribution in [1.82, 2.24) is 19.8 Å². The molecule has 0 saturated carbocycles. The van der Waals surface area contributed by atoms with Crippen LogP contribution in [0.3, 0.4) is 0 Å². The lowest BCUT2D eigenvalue weighted by Gasteiger charge is -2.17. The number of sulfonamides is 1. The Morgan fingerprint density at radius 2 is 2.14 bits per heavy atom. The van der Waals surface area contributed by atoms with Gasteiger partial charge in [-0.3, -0.25) is 14.5 Å². The van der Waals surface area contributed by atoms with Gasteiger partial charge in [0.05, 0.1) is 12.8 Å². The Morgan fingerprint density at radius 1 is 1.41 bits per heavy atom. The molecule has 2 saturated heterocycles. The highest BCUT2D eigenvalue weighted by molar-refractivity contribution is 7.88. The minimum absolute atomic E-state index is 0.0117. The lowest BCUT2D eigenvalue weighted by molar-refractivity contribution is -0.131. The third kappa shape index (κ3) is 4.41. The SMILES string of the molecule is CS(=O)(=O)N[C@H]1CCN(C(=O)CCCN2C(=O)CNC2=O)C1. The van der Waals surface area contributed by atoms with Gasteiger partial charge in [0.25, 0.3) is 0 Å². The summed E-state index contributed by atoms with van der Waals surface area (Å²) in [6, 6.07) is -0.666. The maximum atomic E-state index is 12.0. The lowest BCUT2D eigenvalue weighted by Crippen LogP contribution is -2.38. The molecule has 2 aliphatic rings. The molecule has 2 N–H and O–H groups in total. The number of amides is 4. The summed E-state index contributed by atoms with van der Waals surface area (Å²) < 4.78 is 24.8. The van der Waals surface area contributed by atoms with Crippen LogP contribution < -0.4 is 10.0 Å². The normalized spacial score (nSPS) is 22.3. The Morgan fingerprint density at radius 3 is 2.73 bits per heavy atom. The average molecular weight is 332 g/mol. The number of nitrogens with zero attached hydrogens (tertiary/aromatic N) is 2. The lowest BCUT2D eigenvalue weighted by atomic mass is 10.2. The fraction of sp³-hybridized carbons (Fsp3) is 0.750. The quantitative estimate of drug-likeness (QED) is 0.572. The van der Waals surface area contributed by atoms with Crippen molar-refractivity contribution in [2.75, 3.05) is 32.4 Å². The first kappa shape index (κ1) is 16.7. The van der Waals surface area contributed by atoms with E-state index in [1.54, 1.807) is 4.90 Å². The van der Waals surface area contributed by atoms with E-state index < -0.39 is 16.1 Å². The van der Waals surface area contributed by atoms with E-state index in [2.05, 4.69) is 10.0 Å². The van der Waals surface area contributed by atoms with E-state index >= 15 is 0 Å². The van der Waals surface area contributed by atoms with Gasteiger partial charge < -0.3 is 10.2 Å². The zero-order valence-corrected chi connectivity index (χ0v) is 13.2. The number of likely N-dealkylation sites (tertiary alicyclic amines) is 1. The van der Waals surface area contributed by atoms with Crippen molar-refractivity contribution in [3.63, 3.8) is 0 Å². The maximum Gasteiger partial charge on any atom is 0.324 e. The molecule has 10 heteroatoms. The molecule has 0 bridgehead atoms. The number of hydrogen-bond acceptors (Lipinski definition) is 5. The molecule has 0 aromatic carbocycles. The van der Waals surface area contributed by atoms with Gasteiger partial charge in [0.2, 0.25) is 21.8 Å². The summed E-state index contributed by atoms with van der Waals surface area (Å²) in [7, 11) is -3.27. The van der Waals surface area contributed by atoms with Crippen LogP contribution >= 0.6 is 0 Å². The van der Waals surface area contributed by atoms with Crippen molar-refractivity contribution < 1.29 is 22.8 Å². The van der Waals surface area contributed by atoms with E-state index in [9.17, 15) is 22.8 Å². The summed E-state index contributed by atoms with van der Waals surface area (Å²) in [4.78, 5) is 37.4. The van der Waals surface area contributed by atoms with Crippen LogP contribution in [0.5, 0.6) is 0 Å². The van der Waals surface area contributed by atoms with Crippen LogP contribution in [0.4, 0.5) is 4.79 Å². The van der Waals surface area contributed by atoms with Crippen molar-refractivity contribution in [3.8, 4) is 0 Å². The second-order valence-electron chi connectivity index (χ2n) is 5.52. The second-order valence-corrected chi connectivity index (χ2v) is 7.30. The van der Waals surface area contributed by atoms with Gasteiger partial charge in [-0.05, 0) is 12.8 Å². The molecule has 0 unspecified atom stereocenters. The monoisotopic (exact) mass is 332 g/mol. The van der Waals surface area contributed by atoms with Gasteiger partial charge in [0.15, 0.2) is 0 Å². The summed E-state index contributed by atoms with van der Waals surface area (Å²) in [5.41, 5.74) is 0. The predicted molar refractivity (Wildman–Crippen MR) is 77.3 cm³/mol. The molecule has 0 aromatic rings. The minimum atomic E-state index is -3.27. The Labute approximate surface area is 129 Å². The fourth-order valence-electron chi connectivity index (χ4n) is 2.61. The minimum Gasteiger partial charge on any atom is -0.341 e. The first-order chi connectivity index (χ1) is 10.3.